The number of benzene rings is 3. The van der Waals surface area contributed by atoms with Gasteiger partial charge in [-0.1, -0.05) is 30.3 Å². The van der Waals surface area contributed by atoms with Crippen molar-refractivity contribution in [3.8, 4) is 11.3 Å². The van der Waals surface area contributed by atoms with Crippen molar-refractivity contribution in [3.63, 3.8) is 0 Å². The summed E-state index contributed by atoms with van der Waals surface area (Å²) in [6.45, 7) is 1.92. The first-order valence-corrected chi connectivity index (χ1v) is 10.7. The number of aromatic nitrogens is 2. The van der Waals surface area contributed by atoms with Crippen LogP contribution in [0, 0.1) is 0 Å². The fraction of sp³-hybridized carbons (Fsp3) is 0.115. The van der Waals surface area contributed by atoms with Crippen LogP contribution < -0.4 is 16.4 Å². The average Bonchev–Trinajstić information content (AvgIpc) is 2.84. The SMILES string of the molecule is C[C@H](Nc1cncc(-c2ccc(N)cc2)n1)c1cccc(NC(=O)c2cccc(C(F)(F)F)c2)c1. The predicted molar refractivity (Wildman–Crippen MR) is 130 cm³/mol. The molecule has 1 heterocycles. The Morgan fingerprint density at radius 2 is 1.71 bits per heavy atom. The van der Waals surface area contributed by atoms with Gasteiger partial charge in [-0.05, 0) is 55.0 Å². The van der Waals surface area contributed by atoms with Gasteiger partial charge in [-0.25, -0.2) is 4.98 Å². The Balaban J connectivity index is 1.47. The van der Waals surface area contributed by atoms with Gasteiger partial charge in [-0.3, -0.25) is 9.78 Å². The van der Waals surface area contributed by atoms with Gasteiger partial charge < -0.3 is 16.4 Å². The van der Waals surface area contributed by atoms with Crippen LogP contribution in [0.1, 0.15) is 34.5 Å². The molecule has 0 aliphatic heterocycles. The normalized spacial score (nSPS) is 12.1. The van der Waals surface area contributed by atoms with E-state index in [1.54, 1.807) is 42.7 Å². The molecule has 1 aromatic heterocycles. The van der Waals surface area contributed by atoms with E-state index in [4.69, 9.17) is 5.73 Å². The Morgan fingerprint density at radius 1 is 0.971 bits per heavy atom. The minimum Gasteiger partial charge on any atom is -0.399 e. The lowest BCUT2D eigenvalue weighted by Crippen LogP contribution is -2.14. The van der Waals surface area contributed by atoms with Crippen molar-refractivity contribution in [2.24, 2.45) is 0 Å². The van der Waals surface area contributed by atoms with Crippen molar-refractivity contribution in [2.75, 3.05) is 16.4 Å². The van der Waals surface area contributed by atoms with Crippen LogP contribution >= 0.6 is 0 Å². The molecule has 178 valence electrons. The molecule has 3 aromatic carbocycles. The van der Waals surface area contributed by atoms with Crippen LogP contribution in [-0.2, 0) is 6.18 Å². The van der Waals surface area contributed by atoms with Crippen LogP contribution in [0.4, 0.5) is 30.4 Å². The van der Waals surface area contributed by atoms with Crippen molar-refractivity contribution in [3.05, 3.63) is 102 Å². The Morgan fingerprint density at radius 3 is 2.46 bits per heavy atom. The van der Waals surface area contributed by atoms with E-state index in [0.29, 0.717) is 22.9 Å². The highest BCUT2D eigenvalue weighted by molar-refractivity contribution is 6.04. The van der Waals surface area contributed by atoms with Gasteiger partial charge in [0.25, 0.3) is 5.91 Å². The quantitative estimate of drug-likeness (QED) is 0.289. The van der Waals surface area contributed by atoms with Crippen molar-refractivity contribution in [1.29, 1.82) is 0 Å². The molecule has 0 saturated heterocycles. The molecule has 4 rings (SSSR count). The molecule has 0 aliphatic rings. The maximum absolute atomic E-state index is 13.0. The third-order valence-corrected chi connectivity index (χ3v) is 5.30. The number of carbonyl (C=O) groups excluding carboxylic acids is 1. The molecule has 0 spiro atoms. The molecular formula is C26H22F3N5O. The summed E-state index contributed by atoms with van der Waals surface area (Å²) in [5, 5.41) is 5.94. The molecule has 35 heavy (non-hydrogen) atoms. The predicted octanol–water partition coefficient (Wildman–Crippen LogP) is 6.17. The van der Waals surface area contributed by atoms with E-state index >= 15 is 0 Å². The van der Waals surface area contributed by atoms with Gasteiger partial charge >= 0.3 is 6.18 Å². The number of rotatable bonds is 6. The fourth-order valence-corrected chi connectivity index (χ4v) is 3.46. The van der Waals surface area contributed by atoms with E-state index in [1.807, 2.05) is 25.1 Å². The summed E-state index contributed by atoms with van der Waals surface area (Å²) in [7, 11) is 0. The van der Waals surface area contributed by atoms with E-state index in [-0.39, 0.29) is 11.6 Å². The number of carbonyl (C=O) groups is 1. The van der Waals surface area contributed by atoms with Gasteiger partial charge in [-0.2, -0.15) is 13.2 Å². The summed E-state index contributed by atoms with van der Waals surface area (Å²) in [4.78, 5) is 21.4. The monoisotopic (exact) mass is 477 g/mol. The number of nitrogens with two attached hydrogens (primary N) is 1. The van der Waals surface area contributed by atoms with Crippen LogP contribution in [-0.4, -0.2) is 15.9 Å². The second-order valence-corrected chi connectivity index (χ2v) is 7.94. The lowest BCUT2D eigenvalue weighted by Gasteiger charge is -2.17. The topological polar surface area (TPSA) is 92.9 Å². The van der Waals surface area contributed by atoms with Crippen LogP contribution in [0.2, 0.25) is 0 Å². The molecule has 0 fully saturated rings. The van der Waals surface area contributed by atoms with E-state index in [2.05, 4.69) is 20.6 Å². The summed E-state index contributed by atoms with van der Waals surface area (Å²) in [6, 6.07) is 18.5. The lowest BCUT2D eigenvalue weighted by atomic mass is 10.1. The highest BCUT2D eigenvalue weighted by Crippen LogP contribution is 2.30. The number of amides is 1. The minimum absolute atomic E-state index is 0.0776. The molecule has 0 radical (unpaired) electrons. The number of nitrogens with one attached hydrogen (secondary N) is 2. The highest BCUT2D eigenvalue weighted by atomic mass is 19.4. The van der Waals surface area contributed by atoms with Crippen molar-refractivity contribution in [2.45, 2.75) is 19.1 Å². The van der Waals surface area contributed by atoms with Crippen molar-refractivity contribution < 1.29 is 18.0 Å². The minimum atomic E-state index is -4.52. The van der Waals surface area contributed by atoms with Gasteiger partial charge in [0.15, 0.2) is 0 Å². The molecule has 4 N–H and O–H groups in total. The van der Waals surface area contributed by atoms with E-state index in [1.165, 1.54) is 12.1 Å². The molecule has 6 nitrogen and oxygen atoms in total. The van der Waals surface area contributed by atoms with Gasteiger partial charge in [0, 0.05) is 22.5 Å². The van der Waals surface area contributed by atoms with Gasteiger partial charge in [-0.15, -0.1) is 0 Å². The molecule has 0 saturated carbocycles. The highest BCUT2D eigenvalue weighted by Gasteiger charge is 2.30. The largest absolute Gasteiger partial charge is 0.416 e. The molecule has 1 amide bonds. The smallest absolute Gasteiger partial charge is 0.399 e. The van der Waals surface area contributed by atoms with Gasteiger partial charge in [0.2, 0.25) is 0 Å². The van der Waals surface area contributed by atoms with Crippen LogP contribution in [0.25, 0.3) is 11.3 Å². The molecular weight excluding hydrogens is 455 g/mol. The molecule has 1 atom stereocenters. The Hall–Kier alpha value is -4.40. The summed E-state index contributed by atoms with van der Waals surface area (Å²) in [5.74, 6) is -0.0684. The molecule has 0 bridgehead atoms. The number of hydrogen-bond donors (Lipinski definition) is 3. The van der Waals surface area contributed by atoms with E-state index in [9.17, 15) is 18.0 Å². The Labute approximate surface area is 200 Å². The Bertz CT molecular complexity index is 1340. The zero-order valence-corrected chi connectivity index (χ0v) is 18.7. The number of nitrogen functional groups attached to an aromatic ring is 1. The number of alkyl halides is 3. The maximum atomic E-state index is 13.0. The van der Waals surface area contributed by atoms with Crippen LogP contribution in [0.15, 0.2) is 85.2 Å². The summed E-state index contributed by atoms with van der Waals surface area (Å²) in [6.07, 6.45) is -1.26. The summed E-state index contributed by atoms with van der Waals surface area (Å²) in [5.41, 5.74) is 8.31. The first-order chi connectivity index (χ1) is 16.7. The number of halogens is 3. The number of nitrogens with zero attached hydrogens (tertiary/aromatic N) is 2. The summed E-state index contributed by atoms with van der Waals surface area (Å²) >= 11 is 0. The number of anilines is 3. The van der Waals surface area contributed by atoms with Crippen LogP contribution in [0.3, 0.4) is 0 Å². The van der Waals surface area contributed by atoms with Gasteiger partial charge in [0.1, 0.15) is 5.82 Å². The summed E-state index contributed by atoms with van der Waals surface area (Å²) < 4.78 is 38.9. The second-order valence-electron chi connectivity index (χ2n) is 7.94. The maximum Gasteiger partial charge on any atom is 0.416 e. The van der Waals surface area contributed by atoms with Crippen LogP contribution in [0.5, 0.6) is 0 Å². The zero-order chi connectivity index (χ0) is 25.0. The number of hydrogen-bond acceptors (Lipinski definition) is 5. The Kier molecular flexibility index (Phi) is 6.68. The zero-order valence-electron chi connectivity index (χ0n) is 18.7. The lowest BCUT2D eigenvalue weighted by molar-refractivity contribution is -0.137. The van der Waals surface area contributed by atoms with Crippen molar-refractivity contribution in [1.82, 2.24) is 9.97 Å². The first kappa shape index (κ1) is 23.7. The molecule has 9 heteroatoms. The standard InChI is InChI=1S/C26H22F3N5O/c1-16(32-24-15-31-14-23(34-24)17-8-10-21(30)11-9-17)18-4-3-7-22(13-18)33-25(35)19-5-2-6-20(12-19)26(27,28)29/h2-16H,30H2,1H3,(H,32,34)(H,33,35)/t16-/m0/s1. The molecule has 0 aliphatic carbocycles. The fourth-order valence-electron chi connectivity index (χ4n) is 3.46. The van der Waals surface area contributed by atoms with E-state index in [0.717, 1.165) is 23.3 Å². The average molecular weight is 477 g/mol. The second kappa shape index (κ2) is 9.84. The van der Waals surface area contributed by atoms with E-state index < -0.39 is 17.6 Å². The third-order valence-electron chi connectivity index (χ3n) is 5.30. The molecule has 0 unspecified atom stereocenters. The van der Waals surface area contributed by atoms with Gasteiger partial charge in [0.05, 0.1) is 29.7 Å². The third kappa shape index (κ3) is 5.94. The van der Waals surface area contributed by atoms with Crippen molar-refractivity contribution >= 4 is 23.1 Å². The molecule has 4 aromatic rings. The first-order valence-electron chi connectivity index (χ1n) is 10.7.